The van der Waals surface area contributed by atoms with Crippen molar-refractivity contribution >= 4 is 21.7 Å². The van der Waals surface area contributed by atoms with Crippen LogP contribution in [0, 0.1) is 0 Å². The largest absolute Gasteiger partial charge is 0.392 e. The first-order valence-electron chi connectivity index (χ1n) is 4.15. The van der Waals surface area contributed by atoms with Gasteiger partial charge in [0.05, 0.1) is 6.61 Å². The molecule has 13 heavy (non-hydrogen) atoms. The van der Waals surface area contributed by atoms with E-state index in [9.17, 15) is 0 Å². The van der Waals surface area contributed by atoms with Crippen LogP contribution in [-0.2, 0) is 6.61 Å². The van der Waals surface area contributed by atoms with Crippen LogP contribution in [0.25, 0.3) is 0 Å². The molecule has 1 rings (SSSR count). The van der Waals surface area contributed by atoms with Crippen molar-refractivity contribution in [3.63, 3.8) is 0 Å². The molecule has 0 radical (unpaired) electrons. The number of hydrogen-bond donors (Lipinski definition) is 1. The van der Waals surface area contributed by atoms with E-state index in [0.29, 0.717) is 0 Å². The normalized spacial score (nSPS) is 10.2. The minimum Gasteiger partial charge on any atom is -0.392 e. The maximum Gasteiger partial charge on any atom is 0.133 e. The van der Waals surface area contributed by atoms with Crippen LogP contribution in [0.4, 0.5) is 5.82 Å². The Morgan fingerprint density at radius 3 is 2.85 bits per heavy atom. The molecular weight excluding hydrogens is 232 g/mol. The van der Waals surface area contributed by atoms with E-state index in [2.05, 4.69) is 20.9 Å². The molecule has 0 fully saturated rings. The molecule has 1 aromatic rings. The molecule has 4 heteroatoms. The minimum absolute atomic E-state index is 0.0200. The predicted octanol–water partition coefficient (Wildman–Crippen LogP) is 1.79. The number of aromatic nitrogens is 1. The Morgan fingerprint density at radius 2 is 2.31 bits per heavy atom. The van der Waals surface area contributed by atoms with Crippen LogP contribution in [0.1, 0.15) is 12.5 Å². The van der Waals surface area contributed by atoms with Crippen LogP contribution < -0.4 is 4.90 Å². The average molecular weight is 245 g/mol. The van der Waals surface area contributed by atoms with E-state index < -0.39 is 0 Å². The lowest BCUT2D eigenvalue weighted by Crippen LogP contribution is -2.19. The van der Waals surface area contributed by atoms with Gasteiger partial charge in [-0.1, -0.05) is 0 Å². The van der Waals surface area contributed by atoms with E-state index in [1.807, 2.05) is 24.9 Å². The quantitative estimate of drug-likeness (QED) is 0.881. The van der Waals surface area contributed by atoms with Gasteiger partial charge in [0.1, 0.15) is 5.82 Å². The van der Waals surface area contributed by atoms with Gasteiger partial charge in [0, 0.05) is 29.8 Å². The third-order valence-corrected chi connectivity index (χ3v) is 2.35. The van der Waals surface area contributed by atoms with Crippen molar-refractivity contribution in [2.24, 2.45) is 0 Å². The van der Waals surface area contributed by atoms with Crippen molar-refractivity contribution < 1.29 is 5.11 Å². The first-order valence-corrected chi connectivity index (χ1v) is 4.94. The summed E-state index contributed by atoms with van der Waals surface area (Å²) in [5.74, 6) is 0.841. The Hall–Kier alpha value is -0.610. The predicted molar refractivity (Wildman–Crippen MR) is 56.8 cm³/mol. The van der Waals surface area contributed by atoms with Crippen LogP contribution >= 0.6 is 15.9 Å². The van der Waals surface area contributed by atoms with Crippen LogP contribution in [-0.4, -0.2) is 23.7 Å². The zero-order valence-corrected chi connectivity index (χ0v) is 9.37. The van der Waals surface area contributed by atoms with Gasteiger partial charge in [-0.05, 0) is 28.9 Å². The Kier molecular flexibility index (Phi) is 3.69. The standard InChI is InChI=1S/C9H13BrN2O/c1-3-12(2)9-7(6-13)4-8(10)5-11-9/h4-5,13H,3,6H2,1-2H3. The summed E-state index contributed by atoms with van der Waals surface area (Å²) in [4.78, 5) is 6.24. The van der Waals surface area contributed by atoms with Crippen LogP contribution in [0.15, 0.2) is 16.7 Å². The molecule has 1 aromatic heterocycles. The lowest BCUT2D eigenvalue weighted by Gasteiger charge is -2.18. The van der Waals surface area contributed by atoms with Gasteiger partial charge in [-0.15, -0.1) is 0 Å². The molecular formula is C9H13BrN2O. The van der Waals surface area contributed by atoms with Gasteiger partial charge in [-0.25, -0.2) is 4.98 Å². The summed E-state index contributed by atoms with van der Waals surface area (Å²) in [6, 6.07) is 1.88. The second kappa shape index (κ2) is 4.58. The van der Waals surface area contributed by atoms with Gasteiger partial charge in [0.2, 0.25) is 0 Å². The van der Waals surface area contributed by atoms with Gasteiger partial charge in [-0.3, -0.25) is 0 Å². The molecule has 0 amide bonds. The molecule has 0 spiro atoms. The summed E-state index contributed by atoms with van der Waals surface area (Å²) in [6.45, 7) is 2.94. The number of halogens is 1. The van der Waals surface area contributed by atoms with Crippen molar-refractivity contribution in [1.82, 2.24) is 4.98 Å². The highest BCUT2D eigenvalue weighted by atomic mass is 79.9. The fourth-order valence-corrected chi connectivity index (χ4v) is 1.46. The summed E-state index contributed by atoms with van der Waals surface area (Å²) in [7, 11) is 1.95. The molecule has 0 aliphatic heterocycles. The zero-order valence-electron chi connectivity index (χ0n) is 7.79. The Bertz CT molecular complexity index is 291. The maximum atomic E-state index is 9.10. The summed E-state index contributed by atoms with van der Waals surface area (Å²) in [5, 5.41) is 9.10. The van der Waals surface area contributed by atoms with Gasteiger partial charge in [-0.2, -0.15) is 0 Å². The summed E-state index contributed by atoms with van der Waals surface area (Å²) >= 11 is 3.32. The van der Waals surface area contributed by atoms with E-state index in [0.717, 1.165) is 22.4 Å². The van der Waals surface area contributed by atoms with Crippen molar-refractivity contribution in [1.29, 1.82) is 0 Å². The van der Waals surface area contributed by atoms with E-state index >= 15 is 0 Å². The van der Waals surface area contributed by atoms with Crippen molar-refractivity contribution in [3.05, 3.63) is 22.3 Å². The molecule has 1 N–H and O–H groups in total. The van der Waals surface area contributed by atoms with Gasteiger partial charge in [0.25, 0.3) is 0 Å². The van der Waals surface area contributed by atoms with Crippen molar-refractivity contribution in [2.45, 2.75) is 13.5 Å². The topological polar surface area (TPSA) is 36.4 Å². The first kappa shape index (κ1) is 10.5. The molecule has 1 heterocycles. The summed E-state index contributed by atoms with van der Waals surface area (Å²) < 4.78 is 0.893. The highest BCUT2D eigenvalue weighted by Gasteiger charge is 2.06. The van der Waals surface area contributed by atoms with Crippen LogP contribution in [0.3, 0.4) is 0 Å². The van der Waals surface area contributed by atoms with Gasteiger partial charge < -0.3 is 10.0 Å². The minimum atomic E-state index is 0.0200. The maximum absolute atomic E-state index is 9.10. The third kappa shape index (κ3) is 2.42. The smallest absolute Gasteiger partial charge is 0.133 e. The number of hydrogen-bond acceptors (Lipinski definition) is 3. The summed E-state index contributed by atoms with van der Waals surface area (Å²) in [6.07, 6.45) is 1.74. The molecule has 0 saturated carbocycles. The number of aliphatic hydroxyl groups is 1. The Morgan fingerprint density at radius 1 is 1.62 bits per heavy atom. The molecule has 0 atom stereocenters. The number of anilines is 1. The molecule has 0 saturated heterocycles. The number of rotatable bonds is 3. The Balaban J connectivity index is 3.05. The monoisotopic (exact) mass is 244 g/mol. The zero-order chi connectivity index (χ0) is 9.84. The molecule has 72 valence electrons. The molecule has 0 aromatic carbocycles. The lowest BCUT2D eigenvalue weighted by atomic mass is 10.2. The molecule has 0 bridgehead atoms. The molecule has 3 nitrogen and oxygen atoms in total. The summed E-state index contributed by atoms with van der Waals surface area (Å²) in [5.41, 5.74) is 0.846. The van der Waals surface area contributed by atoms with E-state index in [1.165, 1.54) is 0 Å². The number of nitrogens with zero attached hydrogens (tertiary/aromatic N) is 2. The highest BCUT2D eigenvalue weighted by molar-refractivity contribution is 9.10. The van der Waals surface area contributed by atoms with Crippen molar-refractivity contribution in [3.8, 4) is 0 Å². The number of pyridine rings is 1. The fraction of sp³-hybridized carbons (Fsp3) is 0.444. The molecule has 0 aliphatic rings. The third-order valence-electron chi connectivity index (χ3n) is 1.92. The molecule has 0 unspecified atom stereocenters. The van der Waals surface area contributed by atoms with Crippen LogP contribution in [0.2, 0.25) is 0 Å². The molecule has 0 aliphatic carbocycles. The van der Waals surface area contributed by atoms with Crippen LogP contribution in [0.5, 0.6) is 0 Å². The van der Waals surface area contributed by atoms with E-state index in [-0.39, 0.29) is 6.61 Å². The van der Waals surface area contributed by atoms with Gasteiger partial charge >= 0.3 is 0 Å². The van der Waals surface area contributed by atoms with E-state index in [1.54, 1.807) is 6.20 Å². The Labute approximate surface area is 86.5 Å². The SMILES string of the molecule is CCN(C)c1ncc(Br)cc1CO. The van der Waals surface area contributed by atoms with Gasteiger partial charge in [0.15, 0.2) is 0 Å². The fourth-order valence-electron chi connectivity index (χ4n) is 1.08. The average Bonchev–Trinajstić information content (AvgIpc) is 2.16. The highest BCUT2D eigenvalue weighted by Crippen LogP contribution is 2.20. The second-order valence-electron chi connectivity index (χ2n) is 2.81. The first-order chi connectivity index (χ1) is 6.19. The second-order valence-corrected chi connectivity index (χ2v) is 3.72. The lowest BCUT2D eigenvalue weighted by molar-refractivity contribution is 0.281. The number of aliphatic hydroxyl groups excluding tert-OH is 1. The van der Waals surface area contributed by atoms with Crippen molar-refractivity contribution in [2.75, 3.05) is 18.5 Å². The van der Waals surface area contributed by atoms with E-state index in [4.69, 9.17) is 5.11 Å².